The molecule has 158 valence electrons. The molecule has 0 radical (unpaired) electrons. The molecule has 1 fully saturated rings. The van der Waals surface area contributed by atoms with Crippen LogP contribution in [-0.2, 0) is 11.3 Å². The summed E-state index contributed by atoms with van der Waals surface area (Å²) in [5.41, 5.74) is 6.74. The highest BCUT2D eigenvalue weighted by Gasteiger charge is 2.27. The Hall–Kier alpha value is -2.77. The molecule has 0 aliphatic carbocycles. The Kier molecular flexibility index (Phi) is 6.11. The predicted octanol–water partition coefficient (Wildman–Crippen LogP) is 3.51. The smallest absolute Gasteiger partial charge is 0.155 e. The van der Waals surface area contributed by atoms with E-state index in [0.29, 0.717) is 12.6 Å². The maximum atomic E-state index is 5.22. The SMILES string of the molecule is COCc1ccc(-c2nccnc2N2CCN(C(C)c3c(C)n[nH]c3C)CC2)cc1. The topological polar surface area (TPSA) is 70.2 Å². The molecule has 1 aromatic carbocycles. The van der Waals surface area contributed by atoms with Gasteiger partial charge in [-0.25, -0.2) is 4.98 Å². The molecule has 30 heavy (non-hydrogen) atoms. The van der Waals surface area contributed by atoms with Gasteiger partial charge in [0.05, 0.1) is 12.3 Å². The van der Waals surface area contributed by atoms with Crippen LogP contribution in [0.3, 0.4) is 0 Å². The molecule has 1 aliphatic rings. The zero-order chi connectivity index (χ0) is 21.1. The van der Waals surface area contributed by atoms with Crippen molar-refractivity contribution in [2.75, 3.05) is 38.2 Å². The fraction of sp³-hybridized carbons (Fsp3) is 0.435. The molecule has 0 amide bonds. The van der Waals surface area contributed by atoms with E-state index in [-0.39, 0.29) is 0 Å². The Labute approximate surface area is 178 Å². The molecule has 1 unspecified atom stereocenters. The Morgan fingerprint density at radius 1 is 1.03 bits per heavy atom. The van der Waals surface area contributed by atoms with E-state index in [1.165, 1.54) is 5.56 Å². The number of hydrogen-bond donors (Lipinski definition) is 1. The molecule has 0 saturated carbocycles. The highest BCUT2D eigenvalue weighted by atomic mass is 16.5. The highest BCUT2D eigenvalue weighted by Crippen LogP contribution is 2.30. The van der Waals surface area contributed by atoms with Gasteiger partial charge in [-0.3, -0.25) is 15.0 Å². The normalized spacial score (nSPS) is 16.1. The van der Waals surface area contributed by atoms with Crippen LogP contribution in [0.1, 0.15) is 35.5 Å². The van der Waals surface area contributed by atoms with Crippen molar-refractivity contribution in [3.8, 4) is 11.3 Å². The van der Waals surface area contributed by atoms with E-state index in [1.54, 1.807) is 19.5 Å². The van der Waals surface area contributed by atoms with E-state index in [9.17, 15) is 0 Å². The van der Waals surface area contributed by atoms with Crippen LogP contribution in [0.2, 0.25) is 0 Å². The van der Waals surface area contributed by atoms with Crippen molar-refractivity contribution in [1.29, 1.82) is 0 Å². The summed E-state index contributed by atoms with van der Waals surface area (Å²) in [7, 11) is 1.71. The number of H-pyrrole nitrogens is 1. The lowest BCUT2D eigenvalue weighted by Crippen LogP contribution is -2.47. The first-order valence-electron chi connectivity index (χ1n) is 10.5. The minimum absolute atomic E-state index is 0.348. The number of aromatic amines is 1. The number of nitrogens with one attached hydrogen (secondary N) is 1. The number of rotatable bonds is 6. The Balaban J connectivity index is 1.49. The van der Waals surface area contributed by atoms with Crippen LogP contribution >= 0.6 is 0 Å². The first kappa shape index (κ1) is 20.5. The number of benzene rings is 1. The number of piperazine rings is 1. The van der Waals surface area contributed by atoms with Gasteiger partial charge in [0.1, 0.15) is 5.69 Å². The maximum Gasteiger partial charge on any atom is 0.155 e. The zero-order valence-electron chi connectivity index (χ0n) is 18.2. The van der Waals surface area contributed by atoms with Crippen LogP contribution in [0.5, 0.6) is 0 Å². The van der Waals surface area contributed by atoms with Gasteiger partial charge in [-0.1, -0.05) is 24.3 Å². The molecule has 0 spiro atoms. The van der Waals surface area contributed by atoms with Gasteiger partial charge in [-0.15, -0.1) is 0 Å². The minimum Gasteiger partial charge on any atom is -0.380 e. The first-order valence-corrected chi connectivity index (χ1v) is 10.5. The van der Waals surface area contributed by atoms with Crippen molar-refractivity contribution < 1.29 is 4.74 Å². The molecule has 7 nitrogen and oxygen atoms in total. The summed E-state index contributed by atoms with van der Waals surface area (Å²) in [5, 5.41) is 7.49. The van der Waals surface area contributed by atoms with Gasteiger partial charge >= 0.3 is 0 Å². The molecule has 4 rings (SSSR count). The summed E-state index contributed by atoms with van der Waals surface area (Å²) >= 11 is 0. The lowest BCUT2D eigenvalue weighted by Gasteiger charge is -2.39. The molecule has 1 aliphatic heterocycles. The summed E-state index contributed by atoms with van der Waals surface area (Å²) in [6, 6.07) is 8.73. The third kappa shape index (κ3) is 4.08. The van der Waals surface area contributed by atoms with Crippen LogP contribution in [0.25, 0.3) is 11.3 Å². The molecule has 7 heteroatoms. The fourth-order valence-electron chi connectivity index (χ4n) is 4.37. The Bertz CT molecular complexity index is 956. The van der Waals surface area contributed by atoms with Gasteiger partial charge in [-0.2, -0.15) is 5.10 Å². The second-order valence-corrected chi connectivity index (χ2v) is 7.91. The van der Waals surface area contributed by atoms with Crippen molar-refractivity contribution in [3.63, 3.8) is 0 Å². The molecule has 3 heterocycles. The highest BCUT2D eigenvalue weighted by molar-refractivity contribution is 5.72. The Morgan fingerprint density at radius 2 is 1.73 bits per heavy atom. The molecule has 1 atom stereocenters. The largest absolute Gasteiger partial charge is 0.380 e. The summed E-state index contributed by atoms with van der Waals surface area (Å²) < 4.78 is 5.22. The Morgan fingerprint density at radius 3 is 2.37 bits per heavy atom. The molecular weight excluding hydrogens is 376 g/mol. The minimum atomic E-state index is 0.348. The van der Waals surface area contributed by atoms with Gasteiger partial charge < -0.3 is 9.64 Å². The third-order valence-electron chi connectivity index (χ3n) is 5.98. The number of hydrogen-bond acceptors (Lipinski definition) is 6. The number of methoxy groups -OCH3 is 1. The summed E-state index contributed by atoms with van der Waals surface area (Å²) in [6.45, 7) is 10.9. The zero-order valence-corrected chi connectivity index (χ0v) is 18.2. The van der Waals surface area contributed by atoms with E-state index in [1.807, 2.05) is 0 Å². The van der Waals surface area contributed by atoms with Crippen molar-refractivity contribution in [2.24, 2.45) is 0 Å². The van der Waals surface area contributed by atoms with Crippen LogP contribution in [0.15, 0.2) is 36.7 Å². The van der Waals surface area contributed by atoms with Gasteiger partial charge in [0.15, 0.2) is 5.82 Å². The van der Waals surface area contributed by atoms with Crippen molar-refractivity contribution in [2.45, 2.75) is 33.4 Å². The van der Waals surface area contributed by atoms with Crippen LogP contribution < -0.4 is 4.90 Å². The summed E-state index contributed by atoms with van der Waals surface area (Å²) in [5.74, 6) is 0.958. The lowest BCUT2D eigenvalue weighted by molar-refractivity contribution is 0.185. The van der Waals surface area contributed by atoms with E-state index in [4.69, 9.17) is 9.72 Å². The van der Waals surface area contributed by atoms with Gasteiger partial charge in [0.25, 0.3) is 0 Å². The molecular formula is C23H30N6O. The van der Waals surface area contributed by atoms with Crippen molar-refractivity contribution in [1.82, 2.24) is 25.1 Å². The van der Waals surface area contributed by atoms with Gasteiger partial charge in [0.2, 0.25) is 0 Å². The standard InChI is InChI=1S/C23H30N6O/c1-16-21(17(2)27-26-16)18(3)28-11-13-29(14-12-28)23-22(24-9-10-25-23)20-7-5-19(6-8-20)15-30-4/h5-10,18H,11-15H2,1-4H3,(H,26,27). The average Bonchev–Trinajstić information content (AvgIpc) is 3.12. The average molecular weight is 407 g/mol. The first-order chi connectivity index (χ1) is 14.6. The van der Waals surface area contributed by atoms with E-state index < -0.39 is 0 Å². The van der Waals surface area contributed by atoms with Gasteiger partial charge in [-0.05, 0) is 26.3 Å². The molecule has 3 aromatic rings. The third-order valence-corrected chi connectivity index (χ3v) is 5.98. The van der Waals surface area contributed by atoms with Gasteiger partial charge in [0, 0.05) is 68.5 Å². The summed E-state index contributed by atoms with van der Waals surface area (Å²) in [6.07, 6.45) is 3.55. The molecule has 0 bridgehead atoms. The predicted molar refractivity (Wildman–Crippen MR) is 118 cm³/mol. The van der Waals surface area contributed by atoms with Crippen LogP contribution in [0, 0.1) is 13.8 Å². The fourth-order valence-corrected chi connectivity index (χ4v) is 4.37. The van der Waals surface area contributed by atoms with E-state index in [2.05, 4.69) is 70.0 Å². The van der Waals surface area contributed by atoms with Crippen molar-refractivity contribution in [3.05, 3.63) is 59.2 Å². The second-order valence-electron chi connectivity index (χ2n) is 7.91. The molecule has 2 aromatic heterocycles. The quantitative estimate of drug-likeness (QED) is 0.676. The van der Waals surface area contributed by atoms with E-state index in [0.717, 1.165) is 60.2 Å². The number of aryl methyl sites for hydroxylation is 2. The van der Waals surface area contributed by atoms with E-state index >= 15 is 0 Å². The summed E-state index contributed by atoms with van der Waals surface area (Å²) in [4.78, 5) is 14.2. The number of anilines is 1. The number of aromatic nitrogens is 4. The maximum absolute atomic E-state index is 5.22. The van der Waals surface area contributed by atoms with Crippen molar-refractivity contribution >= 4 is 5.82 Å². The lowest BCUT2D eigenvalue weighted by atomic mass is 10.0. The monoisotopic (exact) mass is 406 g/mol. The second kappa shape index (κ2) is 8.93. The number of nitrogens with zero attached hydrogens (tertiary/aromatic N) is 5. The number of ether oxygens (including phenoxy) is 1. The van der Waals surface area contributed by atoms with Crippen LogP contribution in [0.4, 0.5) is 5.82 Å². The molecule has 1 N–H and O–H groups in total. The molecule has 1 saturated heterocycles. The van der Waals surface area contributed by atoms with Crippen LogP contribution in [-0.4, -0.2) is 58.4 Å².